The third-order valence-corrected chi connectivity index (χ3v) is 2.70. The molecule has 0 radical (unpaired) electrons. The molecule has 1 aromatic carbocycles. The van der Waals surface area contributed by atoms with Gasteiger partial charge in [-0.3, -0.25) is 10.1 Å². The Morgan fingerprint density at radius 1 is 1.47 bits per heavy atom. The molecule has 1 aromatic rings. The molecular formula is C14H17NO2. The number of hydrogen-bond donors (Lipinski definition) is 1. The lowest BCUT2D eigenvalue weighted by molar-refractivity contribution is -0.143. The first-order valence-electron chi connectivity index (χ1n) is 5.50. The van der Waals surface area contributed by atoms with Crippen molar-refractivity contribution in [2.75, 3.05) is 13.7 Å². The molecule has 90 valence electrons. The van der Waals surface area contributed by atoms with E-state index >= 15 is 0 Å². The number of nitrogens with one attached hydrogen (secondary N) is 1. The quantitative estimate of drug-likeness (QED) is 0.617. The van der Waals surface area contributed by atoms with Crippen LogP contribution in [0.5, 0.6) is 0 Å². The van der Waals surface area contributed by atoms with Gasteiger partial charge < -0.3 is 4.74 Å². The summed E-state index contributed by atoms with van der Waals surface area (Å²) in [7, 11) is 1.38. The molecule has 0 aromatic heterocycles. The molecule has 2 atom stereocenters. The largest absolute Gasteiger partial charge is 0.468 e. The van der Waals surface area contributed by atoms with Crippen LogP contribution in [0.1, 0.15) is 18.4 Å². The topological polar surface area (TPSA) is 38.3 Å². The molecule has 2 unspecified atom stereocenters. The summed E-state index contributed by atoms with van der Waals surface area (Å²) in [6, 6.07) is 9.38. The molecule has 0 saturated heterocycles. The van der Waals surface area contributed by atoms with E-state index in [2.05, 4.69) is 11.2 Å². The summed E-state index contributed by atoms with van der Waals surface area (Å²) in [5, 5.41) is 3.01. The van der Waals surface area contributed by atoms with E-state index in [1.54, 1.807) is 0 Å². The summed E-state index contributed by atoms with van der Waals surface area (Å²) < 4.78 is 4.78. The number of ether oxygens (including phenoxy) is 1. The minimum Gasteiger partial charge on any atom is -0.468 e. The van der Waals surface area contributed by atoms with Crippen molar-refractivity contribution in [2.45, 2.75) is 18.9 Å². The van der Waals surface area contributed by atoms with Gasteiger partial charge in [0.1, 0.15) is 6.04 Å². The Morgan fingerprint density at radius 2 is 2.12 bits per heavy atom. The van der Waals surface area contributed by atoms with E-state index in [0.717, 1.165) is 5.56 Å². The highest BCUT2D eigenvalue weighted by molar-refractivity contribution is 5.77. The van der Waals surface area contributed by atoms with Crippen LogP contribution in [-0.4, -0.2) is 25.7 Å². The molecule has 0 bridgehead atoms. The molecule has 0 aliphatic heterocycles. The molecule has 3 nitrogen and oxygen atoms in total. The Labute approximate surface area is 102 Å². The van der Waals surface area contributed by atoms with Crippen molar-refractivity contribution < 1.29 is 9.53 Å². The molecule has 0 aliphatic carbocycles. The number of hydrogen-bond acceptors (Lipinski definition) is 3. The minimum atomic E-state index is -0.418. The van der Waals surface area contributed by atoms with Crippen LogP contribution >= 0.6 is 0 Å². The summed E-state index contributed by atoms with van der Waals surface area (Å²) >= 11 is 0. The van der Waals surface area contributed by atoms with Gasteiger partial charge in [-0.2, -0.15) is 0 Å². The van der Waals surface area contributed by atoms with Crippen LogP contribution in [0, 0.1) is 12.3 Å². The normalized spacial score (nSPS) is 13.5. The van der Waals surface area contributed by atoms with Crippen LogP contribution in [0.25, 0.3) is 0 Å². The Bertz CT molecular complexity index is 394. The van der Waals surface area contributed by atoms with Crippen molar-refractivity contribution >= 4 is 5.97 Å². The van der Waals surface area contributed by atoms with Gasteiger partial charge in [0.15, 0.2) is 0 Å². The van der Waals surface area contributed by atoms with Gasteiger partial charge >= 0.3 is 5.97 Å². The minimum absolute atomic E-state index is 0.0111. The molecule has 17 heavy (non-hydrogen) atoms. The van der Waals surface area contributed by atoms with Gasteiger partial charge in [-0.05, 0) is 5.56 Å². The van der Waals surface area contributed by atoms with Gasteiger partial charge in [0.2, 0.25) is 0 Å². The fourth-order valence-electron chi connectivity index (χ4n) is 1.71. The highest BCUT2D eigenvalue weighted by Crippen LogP contribution is 2.19. The monoisotopic (exact) mass is 231 g/mol. The molecule has 0 spiro atoms. The van der Waals surface area contributed by atoms with E-state index < -0.39 is 6.04 Å². The number of carbonyl (C=O) groups is 1. The van der Waals surface area contributed by atoms with E-state index in [1.165, 1.54) is 7.11 Å². The Kier molecular flexibility index (Phi) is 5.25. The highest BCUT2D eigenvalue weighted by atomic mass is 16.5. The van der Waals surface area contributed by atoms with Gasteiger partial charge in [-0.25, -0.2) is 0 Å². The second kappa shape index (κ2) is 6.72. The SMILES string of the molecule is C#CCNC(C(=O)OC)C(C)c1ccccc1. The first-order valence-corrected chi connectivity index (χ1v) is 5.50. The molecule has 0 heterocycles. The number of methoxy groups -OCH3 is 1. The van der Waals surface area contributed by atoms with Crippen molar-refractivity contribution in [1.29, 1.82) is 0 Å². The van der Waals surface area contributed by atoms with E-state index in [4.69, 9.17) is 11.2 Å². The molecule has 0 aliphatic rings. The summed E-state index contributed by atoms with van der Waals surface area (Å²) in [4.78, 5) is 11.7. The van der Waals surface area contributed by atoms with Crippen molar-refractivity contribution in [3.05, 3.63) is 35.9 Å². The Balaban J connectivity index is 2.83. The number of rotatable bonds is 5. The van der Waals surface area contributed by atoms with E-state index in [9.17, 15) is 4.79 Å². The van der Waals surface area contributed by atoms with Crippen LogP contribution < -0.4 is 5.32 Å². The molecular weight excluding hydrogens is 214 g/mol. The molecule has 0 fully saturated rings. The van der Waals surface area contributed by atoms with Gasteiger partial charge in [-0.1, -0.05) is 43.2 Å². The van der Waals surface area contributed by atoms with Gasteiger partial charge in [0.25, 0.3) is 0 Å². The summed E-state index contributed by atoms with van der Waals surface area (Å²) in [5.41, 5.74) is 1.08. The van der Waals surface area contributed by atoms with Gasteiger partial charge in [0, 0.05) is 5.92 Å². The van der Waals surface area contributed by atoms with Gasteiger partial charge in [-0.15, -0.1) is 6.42 Å². The second-order valence-corrected chi connectivity index (χ2v) is 3.79. The Morgan fingerprint density at radius 3 is 2.65 bits per heavy atom. The van der Waals surface area contributed by atoms with Crippen LogP contribution in [0.2, 0.25) is 0 Å². The lowest BCUT2D eigenvalue weighted by atomic mass is 9.93. The van der Waals surface area contributed by atoms with Crippen LogP contribution in [0.4, 0.5) is 0 Å². The third kappa shape index (κ3) is 3.61. The van der Waals surface area contributed by atoms with Crippen molar-refractivity contribution in [3.8, 4) is 12.3 Å². The zero-order valence-electron chi connectivity index (χ0n) is 10.1. The first-order chi connectivity index (χ1) is 8.20. The maximum absolute atomic E-state index is 11.7. The van der Waals surface area contributed by atoms with E-state index in [0.29, 0.717) is 6.54 Å². The van der Waals surface area contributed by atoms with Crippen molar-refractivity contribution in [3.63, 3.8) is 0 Å². The number of benzene rings is 1. The van der Waals surface area contributed by atoms with E-state index in [1.807, 2.05) is 37.3 Å². The zero-order chi connectivity index (χ0) is 12.7. The number of esters is 1. The van der Waals surface area contributed by atoms with Crippen molar-refractivity contribution in [1.82, 2.24) is 5.32 Å². The fourth-order valence-corrected chi connectivity index (χ4v) is 1.71. The maximum Gasteiger partial charge on any atom is 0.323 e. The second-order valence-electron chi connectivity index (χ2n) is 3.79. The standard InChI is InChI=1S/C14H17NO2/c1-4-10-15-13(14(16)17-3)11(2)12-8-6-5-7-9-12/h1,5-9,11,13,15H,10H2,2-3H3. The zero-order valence-corrected chi connectivity index (χ0v) is 10.1. The number of terminal acetylenes is 1. The summed E-state index contributed by atoms with van der Waals surface area (Å²) in [6.45, 7) is 2.32. The molecule has 1 N–H and O–H groups in total. The van der Waals surface area contributed by atoms with Crippen LogP contribution in [0.3, 0.4) is 0 Å². The smallest absolute Gasteiger partial charge is 0.323 e. The van der Waals surface area contributed by atoms with Crippen molar-refractivity contribution in [2.24, 2.45) is 0 Å². The Hall–Kier alpha value is -1.79. The lowest BCUT2D eigenvalue weighted by Gasteiger charge is -2.22. The van der Waals surface area contributed by atoms with E-state index in [-0.39, 0.29) is 11.9 Å². The first kappa shape index (κ1) is 13.3. The maximum atomic E-state index is 11.7. The third-order valence-electron chi connectivity index (χ3n) is 2.70. The molecule has 0 amide bonds. The summed E-state index contributed by atoms with van der Waals surface area (Å²) in [6.07, 6.45) is 5.19. The molecule has 3 heteroatoms. The summed E-state index contributed by atoms with van der Waals surface area (Å²) in [5.74, 6) is 2.18. The average molecular weight is 231 g/mol. The highest BCUT2D eigenvalue weighted by Gasteiger charge is 2.26. The number of carbonyl (C=O) groups excluding carboxylic acids is 1. The molecule has 1 rings (SSSR count). The van der Waals surface area contributed by atoms with Gasteiger partial charge in [0.05, 0.1) is 13.7 Å². The van der Waals surface area contributed by atoms with Crippen LogP contribution in [-0.2, 0) is 9.53 Å². The van der Waals surface area contributed by atoms with Crippen LogP contribution in [0.15, 0.2) is 30.3 Å². The lowest BCUT2D eigenvalue weighted by Crippen LogP contribution is -2.41. The predicted octanol–water partition coefficient (Wildman–Crippen LogP) is 1.55. The fraction of sp³-hybridized carbons (Fsp3) is 0.357. The predicted molar refractivity (Wildman–Crippen MR) is 67.5 cm³/mol. The average Bonchev–Trinajstić information content (AvgIpc) is 2.39. The molecule has 0 saturated carbocycles.